The second kappa shape index (κ2) is 9.73. The van der Waals surface area contributed by atoms with Crippen LogP contribution in [0.5, 0.6) is 0 Å². The molecular formula is C18H36F2. The van der Waals surface area contributed by atoms with Gasteiger partial charge in [-0.3, -0.25) is 0 Å². The standard InChI is InChI=1S/C8H14F2.C8H16.C2H6/c1-6(2)7-3-4-8(9,10)5-7;1-7(2)8-5-3-4-6-8;1-2/h6-7H,3-5H2,1-2H3;7-8H,3-6H2,1-2H3;1-2H3. The van der Waals surface area contributed by atoms with Crippen molar-refractivity contribution >= 4 is 0 Å². The molecule has 0 spiro atoms. The summed E-state index contributed by atoms with van der Waals surface area (Å²) in [6, 6.07) is 0. The van der Waals surface area contributed by atoms with E-state index in [-0.39, 0.29) is 18.8 Å². The molecule has 0 nitrogen and oxygen atoms in total. The van der Waals surface area contributed by atoms with Crippen LogP contribution in [-0.4, -0.2) is 5.92 Å². The minimum Gasteiger partial charge on any atom is -0.207 e. The van der Waals surface area contributed by atoms with Crippen molar-refractivity contribution < 1.29 is 8.78 Å². The molecular weight excluding hydrogens is 254 g/mol. The molecule has 0 amide bonds. The Morgan fingerprint density at radius 1 is 0.800 bits per heavy atom. The minimum atomic E-state index is -2.35. The molecule has 1 atom stereocenters. The van der Waals surface area contributed by atoms with Crippen molar-refractivity contribution in [1.82, 2.24) is 0 Å². The predicted octanol–water partition coefficient (Wildman–Crippen LogP) is 6.94. The first kappa shape index (κ1) is 19.9. The van der Waals surface area contributed by atoms with Gasteiger partial charge >= 0.3 is 0 Å². The summed E-state index contributed by atoms with van der Waals surface area (Å²) in [5.41, 5.74) is 0. The molecule has 0 aromatic heterocycles. The molecule has 20 heavy (non-hydrogen) atoms. The van der Waals surface area contributed by atoms with E-state index in [0.717, 1.165) is 11.8 Å². The largest absolute Gasteiger partial charge is 0.248 e. The van der Waals surface area contributed by atoms with Crippen LogP contribution < -0.4 is 0 Å². The summed E-state index contributed by atoms with van der Waals surface area (Å²) in [6.07, 6.45) is 6.91. The monoisotopic (exact) mass is 290 g/mol. The Balaban J connectivity index is 0.000000327. The Hall–Kier alpha value is -0.140. The maximum Gasteiger partial charge on any atom is 0.248 e. The maximum absolute atomic E-state index is 12.6. The molecule has 2 aliphatic rings. The van der Waals surface area contributed by atoms with Gasteiger partial charge in [-0.05, 0) is 30.1 Å². The lowest BCUT2D eigenvalue weighted by atomic mass is 9.94. The molecule has 0 aromatic carbocycles. The molecule has 1 unspecified atom stereocenters. The van der Waals surface area contributed by atoms with Crippen LogP contribution in [0.15, 0.2) is 0 Å². The van der Waals surface area contributed by atoms with Crippen LogP contribution in [0.4, 0.5) is 8.78 Å². The average Bonchev–Trinajstić information content (AvgIpc) is 3.01. The number of hydrogen-bond acceptors (Lipinski definition) is 0. The summed E-state index contributed by atoms with van der Waals surface area (Å²) in [7, 11) is 0. The number of rotatable bonds is 2. The minimum absolute atomic E-state index is 0.107. The lowest BCUT2D eigenvalue weighted by molar-refractivity contribution is 0.00298. The Kier molecular flexibility index (Phi) is 9.67. The van der Waals surface area contributed by atoms with Crippen LogP contribution in [0.2, 0.25) is 0 Å². The fraction of sp³-hybridized carbons (Fsp3) is 1.00. The van der Waals surface area contributed by atoms with E-state index < -0.39 is 5.92 Å². The zero-order valence-corrected chi connectivity index (χ0v) is 14.5. The Morgan fingerprint density at radius 3 is 1.45 bits per heavy atom. The zero-order valence-electron chi connectivity index (χ0n) is 14.5. The van der Waals surface area contributed by atoms with E-state index in [0.29, 0.717) is 12.3 Å². The van der Waals surface area contributed by atoms with Crippen molar-refractivity contribution in [3.63, 3.8) is 0 Å². The van der Waals surface area contributed by atoms with Gasteiger partial charge in [0.1, 0.15) is 0 Å². The van der Waals surface area contributed by atoms with Crippen LogP contribution in [0.1, 0.15) is 86.5 Å². The maximum atomic E-state index is 12.6. The van der Waals surface area contributed by atoms with E-state index in [2.05, 4.69) is 13.8 Å². The highest BCUT2D eigenvalue weighted by Gasteiger charge is 2.40. The molecule has 0 heterocycles. The van der Waals surface area contributed by atoms with Crippen LogP contribution in [0, 0.1) is 23.7 Å². The van der Waals surface area contributed by atoms with Crippen molar-refractivity contribution in [2.24, 2.45) is 23.7 Å². The SMILES string of the molecule is CC.CC(C)C1CCC(F)(F)C1.CC(C)C1CCCC1. The van der Waals surface area contributed by atoms with Gasteiger partial charge in [-0.1, -0.05) is 67.2 Å². The molecule has 2 fully saturated rings. The highest BCUT2D eigenvalue weighted by Crippen LogP contribution is 2.41. The molecule has 0 aliphatic heterocycles. The fourth-order valence-electron chi connectivity index (χ4n) is 3.18. The van der Waals surface area contributed by atoms with Crippen molar-refractivity contribution in [3.05, 3.63) is 0 Å². The Bertz CT molecular complexity index is 228. The van der Waals surface area contributed by atoms with Gasteiger partial charge in [-0.15, -0.1) is 0 Å². The van der Waals surface area contributed by atoms with Crippen molar-refractivity contribution in [2.45, 2.75) is 92.4 Å². The van der Waals surface area contributed by atoms with Crippen molar-refractivity contribution in [2.75, 3.05) is 0 Å². The van der Waals surface area contributed by atoms with Crippen molar-refractivity contribution in [1.29, 1.82) is 0 Å². The molecule has 2 aliphatic carbocycles. The number of halogens is 2. The summed E-state index contributed by atoms with van der Waals surface area (Å²) < 4.78 is 25.1. The topological polar surface area (TPSA) is 0 Å². The molecule has 0 bridgehead atoms. The molecule has 0 N–H and O–H groups in total. The molecule has 2 rings (SSSR count). The third-order valence-electron chi connectivity index (χ3n) is 4.73. The van der Waals surface area contributed by atoms with E-state index in [1.807, 2.05) is 27.7 Å². The summed E-state index contributed by atoms with van der Waals surface area (Å²) >= 11 is 0. The fourth-order valence-corrected chi connectivity index (χ4v) is 3.18. The molecule has 0 radical (unpaired) electrons. The first-order chi connectivity index (χ1) is 9.32. The van der Waals surface area contributed by atoms with Crippen LogP contribution in [-0.2, 0) is 0 Å². The molecule has 2 saturated carbocycles. The normalized spacial score (nSPS) is 25.2. The predicted molar refractivity (Wildman–Crippen MR) is 85.3 cm³/mol. The second-order valence-electron chi connectivity index (χ2n) is 6.89. The van der Waals surface area contributed by atoms with Crippen LogP contribution in [0.3, 0.4) is 0 Å². The average molecular weight is 290 g/mol. The van der Waals surface area contributed by atoms with E-state index in [4.69, 9.17) is 0 Å². The van der Waals surface area contributed by atoms with E-state index in [1.54, 1.807) is 0 Å². The highest BCUT2D eigenvalue weighted by molar-refractivity contribution is 4.82. The van der Waals surface area contributed by atoms with Gasteiger partial charge in [-0.25, -0.2) is 8.78 Å². The van der Waals surface area contributed by atoms with E-state index in [1.165, 1.54) is 25.7 Å². The summed E-state index contributed by atoms with van der Waals surface area (Å²) in [5.74, 6) is 0.338. The van der Waals surface area contributed by atoms with Crippen LogP contribution in [0.25, 0.3) is 0 Å². The third-order valence-corrected chi connectivity index (χ3v) is 4.73. The highest BCUT2D eigenvalue weighted by atomic mass is 19.3. The third kappa shape index (κ3) is 7.59. The molecule has 0 aromatic rings. The molecule has 122 valence electrons. The van der Waals surface area contributed by atoms with Gasteiger partial charge in [0.05, 0.1) is 0 Å². The first-order valence-electron chi connectivity index (χ1n) is 8.69. The van der Waals surface area contributed by atoms with E-state index in [9.17, 15) is 8.78 Å². The molecule has 0 saturated heterocycles. The Morgan fingerprint density at radius 2 is 1.25 bits per heavy atom. The van der Waals surface area contributed by atoms with Gasteiger partial charge in [0, 0.05) is 12.8 Å². The Labute approximate surface area is 125 Å². The van der Waals surface area contributed by atoms with Gasteiger partial charge in [0.25, 0.3) is 0 Å². The van der Waals surface area contributed by atoms with Crippen molar-refractivity contribution in [3.8, 4) is 0 Å². The van der Waals surface area contributed by atoms with Crippen LogP contribution >= 0.6 is 0 Å². The smallest absolute Gasteiger partial charge is 0.207 e. The lowest BCUT2D eigenvalue weighted by Gasteiger charge is -2.13. The quantitative estimate of drug-likeness (QED) is 0.517. The van der Waals surface area contributed by atoms with Gasteiger partial charge in [0.2, 0.25) is 5.92 Å². The molecule has 2 heteroatoms. The summed E-state index contributed by atoms with van der Waals surface area (Å²) in [5, 5.41) is 0. The van der Waals surface area contributed by atoms with E-state index >= 15 is 0 Å². The zero-order chi connectivity index (χ0) is 15.8. The second-order valence-corrected chi connectivity index (χ2v) is 6.89. The lowest BCUT2D eigenvalue weighted by Crippen LogP contribution is -2.11. The summed E-state index contributed by atoms with van der Waals surface area (Å²) in [6.45, 7) is 12.7. The first-order valence-corrected chi connectivity index (χ1v) is 8.69. The number of hydrogen-bond donors (Lipinski definition) is 0. The van der Waals surface area contributed by atoms with Gasteiger partial charge in [0.15, 0.2) is 0 Å². The van der Waals surface area contributed by atoms with Gasteiger partial charge in [-0.2, -0.15) is 0 Å². The van der Waals surface area contributed by atoms with Gasteiger partial charge < -0.3 is 0 Å². The number of alkyl halides is 2. The summed E-state index contributed by atoms with van der Waals surface area (Å²) in [4.78, 5) is 0.